The Morgan fingerprint density at radius 2 is 2.12 bits per heavy atom. The van der Waals surface area contributed by atoms with Gasteiger partial charge in [0.05, 0.1) is 18.3 Å². The quantitative estimate of drug-likeness (QED) is 0.839. The van der Waals surface area contributed by atoms with Crippen molar-refractivity contribution in [3.8, 4) is 0 Å². The second kappa shape index (κ2) is 7.02. The van der Waals surface area contributed by atoms with Gasteiger partial charge in [-0.15, -0.1) is 0 Å². The normalized spacial score (nSPS) is 35.0. The second-order valence-electron chi connectivity index (χ2n) is 7.65. The fourth-order valence-electron chi connectivity index (χ4n) is 4.68. The zero-order valence-electron chi connectivity index (χ0n) is 14.6. The van der Waals surface area contributed by atoms with E-state index in [1.807, 2.05) is 18.2 Å². The van der Waals surface area contributed by atoms with Gasteiger partial charge in [-0.25, -0.2) is 0 Å². The molecule has 3 fully saturated rings. The summed E-state index contributed by atoms with van der Waals surface area (Å²) in [6, 6.07) is 6.20. The lowest BCUT2D eigenvalue weighted by atomic mass is 9.83. The molecule has 2 N–H and O–H groups in total. The van der Waals surface area contributed by atoms with Crippen LogP contribution in [0.5, 0.6) is 0 Å². The minimum absolute atomic E-state index is 0.0654. The van der Waals surface area contributed by atoms with Crippen molar-refractivity contribution in [2.75, 3.05) is 19.7 Å². The average Bonchev–Trinajstić information content (AvgIpc) is 3.22. The number of rotatable bonds is 5. The van der Waals surface area contributed by atoms with Crippen molar-refractivity contribution >= 4 is 5.91 Å². The number of pyridine rings is 1. The lowest BCUT2D eigenvalue weighted by molar-refractivity contribution is -0.126. The molecule has 0 spiro atoms. The van der Waals surface area contributed by atoms with Crippen molar-refractivity contribution < 1.29 is 14.6 Å². The fraction of sp³-hybridized carbons (Fsp3) is 0.684. The van der Waals surface area contributed by atoms with E-state index in [4.69, 9.17) is 4.74 Å². The molecular weight excluding hydrogens is 318 g/mol. The van der Waals surface area contributed by atoms with Crippen LogP contribution in [-0.4, -0.2) is 58.8 Å². The molecule has 0 aliphatic carbocycles. The number of nitrogens with one attached hydrogen (secondary N) is 1. The zero-order chi connectivity index (χ0) is 17.3. The molecule has 6 nitrogen and oxygen atoms in total. The fourth-order valence-corrected chi connectivity index (χ4v) is 4.68. The molecule has 1 aromatic heterocycles. The minimum Gasteiger partial charge on any atom is -0.383 e. The van der Waals surface area contributed by atoms with E-state index >= 15 is 0 Å². The summed E-state index contributed by atoms with van der Waals surface area (Å²) in [4.78, 5) is 19.0. The summed E-state index contributed by atoms with van der Waals surface area (Å²) < 4.78 is 5.56. The van der Waals surface area contributed by atoms with Gasteiger partial charge in [-0.1, -0.05) is 6.07 Å². The molecule has 0 radical (unpaired) electrons. The number of piperidine rings is 1. The molecule has 2 bridgehead atoms. The van der Waals surface area contributed by atoms with Crippen LogP contribution in [0.3, 0.4) is 0 Å². The Morgan fingerprint density at radius 1 is 1.32 bits per heavy atom. The lowest BCUT2D eigenvalue weighted by Gasteiger charge is -2.43. The van der Waals surface area contributed by atoms with E-state index in [2.05, 4.69) is 15.2 Å². The largest absolute Gasteiger partial charge is 0.383 e. The van der Waals surface area contributed by atoms with Crippen molar-refractivity contribution in [2.24, 2.45) is 0 Å². The highest BCUT2D eigenvalue weighted by Crippen LogP contribution is 2.44. The van der Waals surface area contributed by atoms with Crippen LogP contribution in [0, 0.1) is 0 Å². The van der Waals surface area contributed by atoms with Gasteiger partial charge in [-0.2, -0.15) is 0 Å². The minimum atomic E-state index is -0.863. The van der Waals surface area contributed by atoms with E-state index in [9.17, 15) is 9.90 Å². The average molecular weight is 345 g/mol. The van der Waals surface area contributed by atoms with Gasteiger partial charge in [-0.3, -0.25) is 14.7 Å². The smallest absolute Gasteiger partial charge is 0.234 e. The summed E-state index contributed by atoms with van der Waals surface area (Å²) in [5.41, 5.74) is -0.105. The number of carbonyl (C=O) groups excluding carboxylic acids is 1. The maximum Gasteiger partial charge on any atom is 0.234 e. The molecule has 3 aliphatic heterocycles. The summed E-state index contributed by atoms with van der Waals surface area (Å²) in [6.07, 6.45) is 7.42. The molecule has 136 valence electrons. The standard InChI is InChI=1S/C19H27N3O3/c23-18(21-12-16-4-3-9-25-16)13-22-14-6-7-15(22)11-19(24,10-14)17-5-1-2-8-20-17/h1-2,5,8,14-16,24H,3-4,6-7,9-13H2,(H,21,23)/t14-,15+,16-,19?/m0/s1. The lowest BCUT2D eigenvalue weighted by Crippen LogP contribution is -2.53. The summed E-state index contributed by atoms with van der Waals surface area (Å²) in [5.74, 6) is 0.0654. The van der Waals surface area contributed by atoms with Gasteiger partial charge in [0.1, 0.15) is 5.60 Å². The zero-order valence-corrected chi connectivity index (χ0v) is 14.6. The molecule has 3 aliphatic rings. The van der Waals surface area contributed by atoms with E-state index in [0.29, 0.717) is 25.9 Å². The van der Waals surface area contributed by atoms with Crippen LogP contribution in [0.15, 0.2) is 24.4 Å². The molecule has 1 amide bonds. The number of hydrogen-bond acceptors (Lipinski definition) is 5. The predicted octanol–water partition coefficient (Wildman–Crippen LogP) is 1.19. The van der Waals surface area contributed by atoms with Crippen LogP contribution in [-0.2, 0) is 15.1 Å². The number of nitrogens with zero attached hydrogens (tertiary/aromatic N) is 2. The van der Waals surface area contributed by atoms with E-state index < -0.39 is 5.60 Å². The first-order chi connectivity index (χ1) is 12.1. The second-order valence-corrected chi connectivity index (χ2v) is 7.65. The number of carbonyl (C=O) groups is 1. The first-order valence-electron chi connectivity index (χ1n) is 9.42. The molecule has 4 rings (SSSR count). The highest BCUT2D eigenvalue weighted by molar-refractivity contribution is 5.78. The van der Waals surface area contributed by atoms with Crippen molar-refractivity contribution in [3.63, 3.8) is 0 Å². The van der Waals surface area contributed by atoms with Gasteiger partial charge in [0.2, 0.25) is 5.91 Å². The Morgan fingerprint density at radius 3 is 2.76 bits per heavy atom. The summed E-state index contributed by atoms with van der Waals surface area (Å²) in [6.45, 7) is 1.84. The van der Waals surface area contributed by atoms with Crippen LogP contribution in [0.25, 0.3) is 0 Å². The van der Waals surface area contributed by atoms with Crippen LogP contribution in [0.1, 0.15) is 44.2 Å². The predicted molar refractivity (Wildman–Crippen MR) is 92.9 cm³/mol. The van der Waals surface area contributed by atoms with Crippen molar-refractivity contribution in [2.45, 2.75) is 62.3 Å². The van der Waals surface area contributed by atoms with Gasteiger partial charge in [0, 0.05) is 31.4 Å². The number of amides is 1. The number of aliphatic hydroxyl groups is 1. The Kier molecular flexibility index (Phi) is 4.75. The molecule has 4 heterocycles. The SMILES string of the molecule is O=C(CN1[C@@H]2CC[C@H]1CC(O)(c1ccccn1)C2)NC[C@@H]1CCCO1. The number of hydrogen-bond donors (Lipinski definition) is 2. The first kappa shape index (κ1) is 16.9. The first-order valence-corrected chi connectivity index (χ1v) is 9.42. The van der Waals surface area contributed by atoms with Crippen LogP contribution < -0.4 is 5.32 Å². The number of aromatic nitrogens is 1. The molecule has 1 aromatic rings. The van der Waals surface area contributed by atoms with Gasteiger partial charge >= 0.3 is 0 Å². The third-order valence-electron chi connectivity index (χ3n) is 5.94. The Labute approximate surface area is 148 Å². The van der Waals surface area contributed by atoms with Crippen LogP contribution in [0.2, 0.25) is 0 Å². The van der Waals surface area contributed by atoms with Gasteiger partial charge < -0.3 is 15.2 Å². The number of fused-ring (bicyclic) bond motifs is 2. The molecule has 3 saturated heterocycles. The summed E-state index contributed by atoms with van der Waals surface area (Å²) in [5, 5.41) is 14.1. The van der Waals surface area contributed by atoms with E-state index in [0.717, 1.165) is 38.0 Å². The monoisotopic (exact) mass is 345 g/mol. The topological polar surface area (TPSA) is 74.7 Å². The highest BCUT2D eigenvalue weighted by atomic mass is 16.5. The molecule has 6 heteroatoms. The summed E-state index contributed by atoms with van der Waals surface area (Å²) >= 11 is 0. The third kappa shape index (κ3) is 3.57. The molecule has 1 unspecified atom stereocenters. The van der Waals surface area contributed by atoms with E-state index in [-0.39, 0.29) is 24.1 Å². The third-order valence-corrected chi connectivity index (χ3v) is 5.94. The van der Waals surface area contributed by atoms with Crippen molar-refractivity contribution in [1.29, 1.82) is 0 Å². The van der Waals surface area contributed by atoms with Gasteiger partial charge in [0.15, 0.2) is 0 Å². The molecule has 4 atom stereocenters. The number of ether oxygens (including phenoxy) is 1. The maximum absolute atomic E-state index is 12.3. The van der Waals surface area contributed by atoms with Gasteiger partial charge in [-0.05, 0) is 50.7 Å². The van der Waals surface area contributed by atoms with E-state index in [1.54, 1.807) is 6.20 Å². The maximum atomic E-state index is 12.3. The molecular formula is C19H27N3O3. The van der Waals surface area contributed by atoms with Crippen molar-refractivity contribution in [1.82, 2.24) is 15.2 Å². The summed E-state index contributed by atoms with van der Waals surface area (Å²) in [7, 11) is 0. The van der Waals surface area contributed by atoms with E-state index in [1.165, 1.54) is 0 Å². The Balaban J connectivity index is 1.35. The van der Waals surface area contributed by atoms with Crippen LogP contribution in [0.4, 0.5) is 0 Å². The van der Waals surface area contributed by atoms with Crippen LogP contribution >= 0.6 is 0 Å². The van der Waals surface area contributed by atoms with Crippen molar-refractivity contribution in [3.05, 3.63) is 30.1 Å². The van der Waals surface area contributed by atoms with Gasteiger partial charge in [0.25, 0.3) is 0 Å². The highest BCUT2D eigenvalue weighted by Gasteiger charge is 2.49. The Bertz CT molecular complexity index is 589. The molecule has 0 aromatic carbocycles. The molecule has 0 saturated carbocycles. The Hall–Kier alpha value is -1.50. The molecule has 25 heavy (non-hydrogen) atoms.